The van der Waals surface area contributed by atoms with Crippen LogP contribution in [0.1, 0.15) is 5.69 Å². The summed E-state index contributed by atoms with van der Waals surface area (Å²) in [4.78, 5) is 14.3. The molecule has 0 fully saturated rings. The fourth-order valence-electron chi connectivity index (χ4n) is 1.16. The Morgan fingerprint density at radius 1 is 1.47 bits per heavy atom. The van der Waals surface area contributed by atoms with Crippen molar-refractivity contribution in [1.82, 2.24) is 14.9 Å². The number of aromatic nitrogens is 2. The summed E-state index contributed by atoms with van der Waals surface area (Å²) in [6.45, 7) is -0.548. The van der Waals surface area contributed by atoms with Gasteiger partial charge in [-0.25, -0.2) is 9.37 Å². The lowest BCUT2D eigenvalue weighted by Crippen LogP contribution is -2.37. The van der Waals surface area contributed by atoms with Gasteiger partial charge in [0.05, 0.1) is 18.6 Å². The highest BCUT2D eigenvalue weighted by Crippen LogP contribution is 2.13. The first-order valence-electron chi connectivity index (χ1n) is 4.85. The van der Waals surface area contributed by atoms with Crippen LogP contribution in [0.15, 0.2) is 12.5 Å². The van der Waals surface area contributed by atoms with Crippen LogP contribution in [0.25, 0.3) is 0 Å². The van der Waals surface area contributed by atoms with Gasteiger partial charge in [0.25, 0.3) is 0 Å². The number of nitrogens with zero attached hydrogens (tertiary/aromatic N) is 2. The summed E-state index contributed by atoms with van der Waals surface area (Å²) in [6, 6.07) is 0. The number of halogens is 4. The summed E-state index contributed by atoms with van der Waals surface area (Å²) in [5, 5.41) is 1.73. The summed E-state index contributed by atoms with van der Waals surface area (Å²) >= 11 is 0. The molecule has 96 valence electrons. The predicted molar refractivity (Wildman–Crippen MR) is 51.0 cm³/mol. The van der Waals surface area contributed by atoms with E-state index in [1.807, 2.05) is 0 Å². The Bertz CT molecular complexity index is 375. The summed E-state index contributed by atoms with van der Waals surface area (Å²) in [6.07, 6.45) is -1.78. The molecule has 8 heteroatoms. The zero-order valence-electron chi connectivity index (χ0n) is 8.80. The Labute approximate surface area is 94.6 Å². The third-order valence-corrected chi connectivity index (χ3v) is 1.95. The van der Waals surface area contributed by atoms with Crippen molar-refractivity contribution in [3.63, 3.8) is 0 Å². The molecule has 1 N–H and O–H groups in total. The monoisotopic (exact) mass is 253 g/mol. The van der Waals surface area contributed by atoms with Gasteiger partial charge in [-0.2, -0.15) is 13.2 Å². The maximum atomic E-state index is 11.9. The number of carbonyl (C=O) groups is 1. The van der Waals surface area contributed by atoms with Crippen molar-refractivity contribution in [3.8, 4) is 0 Å². The van der Waals surface area contributed by atoms with Crippen LogP contribution in [-0.4, -0.2) is 34.9 Å². The lowest BCUT2D eigenvalue weighted by molar-refractivity contribution is -0.173. The molecule has 0 radical (unpaired) electrons. The second-order valence-electron chi connectivity index (χ2n) is 3.30. The molecule has 0 bridgehead atoms. The molecule has 0 saturated heterocycles. The van der Waals surface area contributed by atoms with E-state index in [9.17, 15) is 22.4 Å². The van der Waals surface area contributed by atoms with Gasteiger partial charge in [-0.3, -0.25) is 4.79 Å². The molecule has 0 unspecified atom stereocenters. The van der Waals surface area contributed by atoms with E-state index in [0.717, 1.165) is 0 Å². The molecule has 0 aromatic carbocycles. The van der Waals surface area contributed by atoms with E-state index in [4.69, 9.17) is 0 Å². The zero-order chi connectivity index (χ0) is 12.9. The Balaban J connectivity index is 2.33. The van der Waals surface area contributed by atoms with Gasteiger partial charge in [0, 0.05) is 19.2 Å². The summed E-state index contributed by atoms with van der Waals surface area (Å²) in [7, 11) is 0. The molecule has 0 atom stereocenters. The van der Waals surface area contributed by atoms with E-state index in [2.05, 4.69) is 4.98 Å². The Morgan fingerprint density at radius 3 is 2.76 bits per heavy atom. The van der Waals surface area contributed by atoms with Crippen molar-refractivity contribution in [2.75, 3.05) is 13.2 Å². The maximum absolute atomic E-state index is 11.9. The van der Waals surface area contributed by atoms with Gasteiger partial charge in [-0.15, -0.1) is 0 Å². The van der Waals surface area contributed by atoms with Crippen molar-refractivity contribution in [2.45, 2.75) is 19.1 Å². The Morgan fingerprint density at radius 2 is 2.18 bits per heavy atom. The number of carbonyl (C=O) groups excluding carboxylic acids is 1. The Kier molecular flexibility index (Phi) is 4.47. The lowest BCUT2D eigenvalue weighted by Gasteiger charge is -2.06. The van der Waals surface area contributed by atoms with E-state index in [-0.39, 0.29) is 19.5 Å². The van der Waals surface area contributed by atoms with Crippen LogP contribution in [0.5, 0.6) is 0 Å². The minimum absolute atomic E-state index is 0.155. The predicted octanol–water partition coefficient (Wildman–Crippen LogP) is 1.07. The van der Waals surface area contributed by atoms with E-state index in [0.29, 0.717) is 5.69 Å². The number of rotatable bonds is 5. The van der Waals surface area contributed by atoms with Gasteiger partial charge >= 0.3 is 12.1 Å². The highest BCUT2D eigenvalue weighted by Gasteiger charge is 2.38. The second-order valence-corrected chi connectivity index (χ2v) is 3.30. The number of aryl methyl sites for hydroxylation is 1. The third kappa shape index (κ3) is 4.41. The van der Waals surface area contributed by atoms with Crippen LogP contribution in [0.2, 0.25) is 0 Å². The molecule has 1 heterocycles. The molecule has 4 nitrogen and oxygen atoms in total. The molecule has 1 rings (SSSR count). The maximum Gasteiger partial charge on any atom is 0.471 e. The largest absolute Gasteiger partial charge is 0.471 e. The number of amides is 1. The van der Waals surface area contributed by atoms with Gasteiger partial charge in [-0.05, 0) is 0 Å². The Hall–Kier alpha value is -1.60. The van der Waals surface area contributed by atoms with Gasteiger partial charge in [-0.1, -0.05) is 0 Å². The first kappa shape index (κ1) is 13.5. The standard InChI is InChI=1S/C9H11F4N3O/c10-2-4-16-5-7(15-6-16)1-3-14-8(17)9(11,12)13/h5-6H,1-4H2,(H,14,17). The fraction of sp³-hybridized carbons (Fsp3) is 0.556. The molecule has 1 aromatic heterocycles. The molecule has 17 heavy (non-hydrogen) atoms. The molecule has 1 aromatic rings. The van der Waals surface area contributed by atoms with E-state index in [1.165, 1.54) is 17.1 Å². The van der Waals surface area contributed by atoms with Crippen molar-refractivity contribution in [2.24, 2.45) is 0 Å². The molecule has 0 aliphatic carbocycles. The van der Waals surface area contributed by atoms with Gasteiger partial charge in [0.1, 0.15) is 6.67 Å². The van der Waals surface area contributed by atoms with Crippen LogP contribution >= 0.6 is 0 Å². The number of nitrogens with one attached hydrogen (secondary N) is 1. The van der Waals surface area contributed by atoms with Crippen molar-refractivity contribution in [3.05, 3.63) is 18.2 Å². The smallest absolute Gasteiger partial charge is 0.348 e. The average Bonchev–Trinajstić information content (AvgIpc) is 2.65. The summed E-state index contributed by atoms with van der Waals surface area (Å²) in [5.41, 5.74) is 0.501. The van der Waals surface area contributed by atoms with E-state index < -0.39 is 18.8 Å². The quantitative estimate of drug-likeness (QED) is 0.798. The molecular weight excluding hydrogens is 242 g/mol. The van der Waals surface area contributed by atoms with Crippen LogP contribution < -0.4 is 5.32 Å². The summed E-state index contributed by atoms with van der Waals surface area (Å²) < 4.78 is 48.9. The number of alkyl halides is 4. The van der Waals surface area contributed by atoms with Crippen LogP contribution in [0, 0.1) is 0 Å². The minimum Gasteiger partial charge on any atom is -0.348 e. The van der Waals surface area contributed by atoms with Crippen molar-refractivity contribution >= 4 is 5.91 Å². The molecule has 0 aliphatic rings. The first-order valence-corrected chi connectivity index (χ1v) is 4.85. The third-order valence-electron chi connectivity index (χ3n) is 1.95. The lowest BCUT2D eigenvalue weighted by atomic mass is 10.3. The van der Waals surface area contributed by atoms with Crippen LogP contribution in [-0.2, 0) is 17.8 Å². The van der Waals surface area contributed by atoms with Gasteiger partial charge in [0.2, 0.25) is 0 Å². The van der Waals surface area contributed by atoms with Crippen LogP contribution in [0.3, 0.4) is 0 Å². The van der Waals surface area contributed by atoms with E-state index in [1.54, 1.807) is 5.32 Å². The molecule has 0 spiro atoms. The topological polar surface area (TPSA) is 46.9 Å². The first-order chi connectivity index (χ1) is 7.93. The fourth-order valence-corrected chi connectivity index (χ4v) is 1.16. The second kappa shape index (κ2) is 5.65. The van der Waals surface area contributed by atoms with Gasteiger partial charge in [0.15, 0.2) is 0 Å². The normalized spacial score (nSPS) is 11.5. The molecule has 1 amide bonds. The van der Waals surface area contributed by atoms with E-state index >= 15 is 0 Å². The number of hydrogen-bond acceptors (Lipinski definition) is 2. The number of hydrogen-bond donors (Lipinski definition) is 1. The van der Waals surface area contributed by atoms with Crippen molar-refractivity contribution in [1.29, 1.82) is 0 Å². The number of imidazole rings is 1. The summed E-state index contributed by atoms with van der Waals surface area (Å²) in [5.74, 6) is -1.97. The van der Waals surface area contributed by atoms with Gasteiger partial charge < -0.3 is 9.88 Å². The molecule has 0 aliphatic heterocycles. The zero-order valence-corrected chi connectivity index (χ0v) is 8.80. The SMILES string of the molecule is O=C(NCCc1cn(CCF)cn1)C(F)(F)F. The highest BCUT2D eigenvalue weighted by molar-refractivity contribution is 5.81. The average molecular weight is 253 g/mol. The minimum atomic E-state index is -4.87. The molecule has 0 saturated carbocycles. The van der Waals surface area contributed by atoms with Crippen molar-refractivity contribution < 1.29 is 22.4 Å². The molecular formula is C9H11F4N3O. The van der Waals surface area contributed by atoms with Crippen LogP contribution in [0.4, 0.5) is 17.6 Å². The highest BCUT2D eigenvalue weighted by atomic mass is 19.4.